The van der Waals surface area contributed by atoms with Crippen molar-refractivity contribution in [3.8, 4) is 0 Å². The molecule has 0 heterocycles. The number of benzene rings is 1. The van der Waals surface area contributed by atoms with E-state index in [1.54, 1.807) is 0 Å². The van der Waals surface area contributed by atoms with Crippen LogP contribution in [0, 0.1) is 11.6 Å². The van der Waals surface area contributed by atoms with Gasteiger partial charge in [0, 0.05) is 24.2 Å². The summed E-state index contributed by atoms with van der Waals surface area (Å²) in [5, 5.41) is 0. The van der Waals surface area contributed by atoms with Crippen LogP contribution in [0.3, 0.4) is 0 Å². The van der Waals surface area contributed by atoms with Gasteiger partial charge < -0.3 is 5.73 Å². The van der Waals surface area contributed by atoms with Gasteiger partial charge in [-0.15, -0.1) is 0 Å². The zero-order valence-corrected chi connectivity index (χ0v) is 10.7. The molecular formula is C14H20F2N2. The van der Waals surface area contributed by atoms with E-state index < -0.39 is 0 Å². The molecule has 2 nitrogen and oxygen atoms in total. The van der Waals surface area contributed by atoms with Gasteiger partial charge >= 0.3 is 0 Å². The molecule has 2 N–H and O–H groups in total. The average molecular weight is 254 g/mol. The molecule has 0 spiro atoms. The molecule has 0 saturated heterocycles. The van der Waals surface area contributed by atoms with E-state index >= 15 is 0 Å². The fourth-order valence-electron chi connectivity index (χ4n) is 2.60. The fraction of sp³-hybridized carbons (Fsp3) is 0.571. The molecule has 0 aliphatic heterocycles. The first-order valence-electron chi connectivity index (χ1n) is 6.46. The van der Waals surface area contributed by atoms with Gasteiger partial charge in [0.15, 0.2) is 0 Å². The van der Waals surface area contributed by atoms with Crippen LogP contribution < -0.4 is 5.73 Å². The van der Waals surface area contributed by atoms with Crippen molar-refractivity contribution in [2.45, 2.75) is 44.3 Å². The van der Waals surface area contributed by atoms with Crippen molar-refractivity contribution in [2.75, 3.05) is 7.05 Å². The Balaban J connectivity index is 1.98. The highest BCUT2D eigenvalue weighted by Crippen LogP contribution is 2.23. The van der Waals surface area contributed by atoms with Crippen LogP contribution in [0.5, 0.6) is 0 Å². The maximum atomic E-state index is 13.5. The second-order valence-electron chi connectivity index (χ2n) is 5.22. The zero-order valence-electron chi connectivity index (χ0n) is 10.7. The summed E-state index contributed by atoms with van der Waals surface area (Å²) >= 11 is 0. The molecule has 0 bridgehead atoms. The van der Waals surface area contributed by atoms with E-state index in [-0.39, 0.29) is 11.6 Å². The van der Waals surface area contributed by atoms with Crippen molar-refractivity contribution in [1.82, 2.24) is 4.90 Å². The van der Waals surface area contributed by atoms with Crippen molar-refractivity contribution < 1.29 is 8.78 Å². The summed E-state index contributed by atoms with van der Waals surface area (Å²) in [5.41, 5.74) is 6.29. The van der Waals surface area contributed by atoms with E-state index in [1.807, 2.05) is 7.05 Å². The van der Waals surface area contributed by atoms with Crippen molar-refractivity contribution in [3.63, 3.8) is 0 Å². The largest absolute Gasteiger partial charge is 0.328 e. The van der Waals surface area contributed by atoms with Crippen molar-refractivity contribution in [1.29, 1.82) is 0 Å². The molecule has 2 rings (SSSR count). The normalized spacial score (nSPS) is 24.5. The number of nitrogens with zero attached hydrogens (tertiary/aromatic N) is 1. The third kappa shape index (κ3) is 3.27. The summed E-state index contributed by atoms with van der Waals surface area (Å²) < 4.78 is 26.6. The molecule has 0 aromatic heterocycles. The van der Waals surface area contributed by atoms with Crippen LogP contribution in [0.25, 0.3) is 0 Å². The molecule has 1 aromatic rings. The zero-order chi connectivity index (χ0) is 13.1. The lowest BCUT2D eigenvalue weighted by atomic mass is 9.91. The van der Waals surface area contributed by atoms with Gasteiger partial charge in [0.05, 0.1) is 0 Å². The van der Waals surface area contributed by atoms with E-state index in [1.165, 1.54) is 12.1 Å². The van der Waals surface area contributed by atoms with E-state index in [9.17, 15) is 8.78 Å². The Bertz CT molecular complexity index is 401. The van der Waals surface area contributed by atoms with Gasteiger partial charge in [0.1, 0.15) is 11.6 Å². The summed E-state index contributed by atoms with van der Waals surface area (Å²) in [5.74, 6) is -0.721. The van der Waals surface area contributed by atoms with Gasteiger partial charge in [-0.25, -0.2) is 8.78 Å². The molecule has 1 aromatic carbocycles. The van der Waals surface area contributed by atoms with Gasteiger partial charge in [-0.1, -0.05) is 0 Å². The molecule has 1 aliphatic carbocycles. The Hall–Kier alpha value is -1.00. The van der Waals surface area contributed by atoms with Crippen molar-refractivity contribution in [2.24, 2.45) is 5.73 Å². The Labute approximate surface area is 107 Å². The fourth-order valence-corrected chi connectivity index (χ4v) is 2.60. The van der Waals surface area contributed by atoms with E-state index in [0.29, 0.717) is 24.2 Å². The SMILES string of the molecule is CN(Cc1cc(F)ccc1F)C1CCC(N)CC1. The van der Waals surface area contributed by atoms with Crippen LogP contribution >= 0.6 is 0 Å². The van der Waals surface area contributed by atoms with E-state index in [2.05, 4.69) is 4.90 Å². The predicted octanol–water partition coefficient (Wildman–Crippen LogP) is 2.67. The first-order chi connectivity index (χ1) is 8.56. The Morgan fingerprint density at radius 3 is 2.56 bits per heavy atom. The van der Waals surface area contributed by atoms with Crippen LogP contribution in [0.15, 0.2) is 18.2 Å². The van der Waals surface area contributed by atoms with Gasteiger partial charge in [0.2, 0.25) is 0 Å². The number of hydrogen-bond donors (Lipinski definition) is 1. The van der Waals surface area contributed by atoms with Crippen LogP contribution in [-0.4, -0.2) is 24.0 Å². The van der Waals surface area contributed by atoms with Crippen molar-refractivity contribution in [3.05, 3.63) is 35.4 Å². The summed E-state index contributed by atoms with van der Waals surface area (Å²) in [7, 11) is 1.96. The lowest BCUT2D eigenvalue weighted by Gasteiger charge is -2.33. The molecule has 0 radical (unpaired) electrons. The lowest BCUT2D eigenvalue weighted by Crippen LogP contribution is -2.38. The number of hydrogen-bond acceptors (Lipinski definition) is 2. The highest BCUT2D eigenvalue weighted by molar-refractivity contribution is 5.18. The molecule has 0 amide bonds. The van der Waals surface area contributed by atoms with Crippen LogP contribution in [0.4, 0.5) is 8.78 Å². The van der Waals surface area contributed by atoms with Gasteiger partial charge in [-0.3, -0.25) is 4.90 Å². The van der Waals surface area contributed by atoms with Gasteiger partial charge in [-0.2, -0.15) is 0 Å². The smallest absolute Gasteiger partial charge is 0.127 e. The second kappa shape index (κ2) is 5.76. The number of halogens is 2. The standard InChI is InChI=1S/C14H20F2N2/c1-18(13-5-3-12(17)4-6-13)9-10-8-11(15)2-7-14(10)16/h2,7-8,12-13H,3-6,9,17H2,1H3. The first-order valence-corrected chi connectivity index (χ1v) is 6.46. The molecule has 0 unspecified atom stereocenters. The minimum Gasteiger partial charge on any atom is -0.328 e. The summed E-state index contributed by atoms with van der Waals surface area (Å²) in [6.07, 6.45) is 4.10. The van der Waals surface area contributed by atoms with E-state index in [4.69, 9.17) is 5.73 Å². The third-order valence-corrected chi connectivity index (χ3v) is 3.79. The average Bonchev–Trinajstić information content (AvgIpc) is 2.34. The Kier molecular flexibility index (Phi) is 4.30. The molecule has 4 heteroatoms. The summed E-state index contributed by atoms with van der Waals surface area (Å²) in [4.78, 5) is 2.10. The van der Waals surface area contributed by atoms with Crippen molar-refractivity contribution >= 4 is 0 Å². The maximum Gasteiger partial charge on any atom is 0.127 e. The summed E-state index contributed by atoms with van der Waals surface area (Å²) in [6, 6.07) is 4.35. The minimum absolute atomic E-state index is 0.306. The van der Waals surface area contributed by atoms with Crippen LogP contribution in [-0.2, 0) is 6.54 Å². The highest BCUT2D eigenvalue weighted by Gasteiger charge is 2.22. The van der Waals surface area contributed by atoms with Crippen LogP contribution in [0.2, 0.25) is 0 Å². The topological polar surface area (TPSA) is 29.3 Å². The summed E-state index contributed by atoms with van der Waals surface area (Å²) in [6.45, 7) is 0.448. The molecule has 0 atom stereocenters. The lowest BCUT2D eigenvalue weighted by molar-refractivity contribution is 0.174. The third-order valence-electron chi connectivity index (χ3n) is 3.79. The monoisotopic (exact) mass is 254 g/mol. The number of rotatable bonds is 3. The van der Waals surface area contributed by atoms with E-state index in [0.717, 1.165) is 31.7 Å². The van der Waals surface area contributed by atoms with Gasteiger partial charge in [-0.05, 0) is 50.9 Å². The molecule has 1 fully saturated rings. The minimum atomic E-state index is -0.384. The quantitative estimate of drug-likeness (QED) is 0.898. The predicted molar refractivity (Wildman–Crippen MR) is 68.1 cm³/mol. The number of nitrogens with two attached hydrogens (primary N) is 1. The molecule has 1 aliphatic rings. The second-order valence-corrected chi connectivity index (χ2v) is 5.22. The Morgan fingerprint density at radius 2 is 1.89 bits per heavy atom. The Morgan fingerprint density at radius 1 is 1.22 bits per heavy atom. The first kappa shape index (κ1) is 13.4. The molecule has 1 saturated carbocycles. The van der Waals surface area contributed by atoms with Crippen LogP contribution in [0.1, 0.15) is 31.2 Å². The maximum absolute atomic E-state index is 13.5. The molecular weight excluding hydrogens is 234 g/mol. The highest BCUT2D eigenvalue weighted by atomic mass is 19.1. The van der Waals surface area contributed by atoms with Gasteiger partial charge in [0.25, 0.3) is 0 Å². The molecule has 18 heavy (non-hydrogen) atoms. The molecule has 100 valence electrons.